The lowest BCUT2D eigenvalue weighted by Crippen LogP contribution is -2.40. The van der Waals surface area contributed by atoms with Gasteiger partial charge in [-0.3, -0.25) is 0 Å². The molecule has 19 heavy (non-hydrogen) atoms. The fraction of sp³-hybridized carbons (Fsp3) is 0.600. The Labute approximate surface area is 115 Å². The number of hydrogen-bond acceptors (Lipinski definition) is 4. The van der Waals surface area contributed by atoms with Crippen molar-refractivity contribution < 1.29 is 14.2 Å². The van der Waals surface area contributed by atoms with Crippen LogP contribution in [0.5, 0.6) is 5.75 Å². The Kier molecular flexibility index (Phi) is 5.63. The molecule has 0 radical (unpaired) electrons. The van der Waals surface area contributed by atoms with E-state index >= 15 is 0 Å². The molecule has 1 aromatic rings. The zero-order valence-electron chi connectivity index (χ0n) is 11.7. The molecule has 4 nitrogen and oxygen atoms in total. The fourth-order valence-corrected chi connectivity index (χ4v) is 2.33. The van der Waals surface area contributed by atoms with E-state index in [9.17, 15) is 0 Å². The first kappa shape index (κ1) is 14.3. The maximum absolute atomic E-state index is 5.88. The summed E-state index contributed by atoms with van der Waals surface area (Å²) in [6, 6.07) is 8.28. The minimum absolute atomic E-state index is 0.0325. The minimum Gasteiger partial charge on any atom is -0.490 e. The third-order valence-corrected chi connectivity index (χ3v) is 3.25. The van der Waals surface area contributed by atoms with Gasteiger partial charge in [0.15, 0.2) is 0 Å². The van der Waals surface area contributed by atoms with Crippen molar-refractivity contribution in [2.45, 2.75) is 25.5 Å². The number of likely N-dealkylation sites (N-methyl/N-ethyl adjacent to an activating group) is 1. The number of rotatable bonds is 7. The van der Waals surface area contributed by atoms with Gasteiger partial charge in [-0.2, -0.15) is 0 Å². The van der Waals surface area contributed by atoms with Crippen molar-refractivity contribution in [3.63, 3.8) is 0 Å². The van der Waals surface area contributed by atoms with Gasteiger partial charge >= 0.3 is 0 Å². The fourth-order valence-electron chi connectivity index (χ4n) is 2.33. The second-order valence-corrected chi connectivity index (χ2v) is 4.64. The summed E-state index contributed by atoms with van der Waals surface area (Å²) in [6.45, 7) is 4.72. The highest BCUT2D eigenvalue weighted by Crippen LogP contribution is 2.32. The first-order valence-electron chi connectivity index (χ1n) is 6.95. The number of fused-ring (bicyclic) bond motifs is 1. The van der Waals surface area contributed by atoms with Crippen molar-refractivity contribution in [1.29, 1.82) is 0 Å². The number of benzene rings is 1. The summed E-state index contributed by atoms with van der Waals surface area (Å²) >= 11 is 0. The summed E-state index contributed by atoms with van der Waals surface area (Å²) in [7, 11) is 1.96. The average Bonchev–Trinajstić information content (AvgIpc) is 2.46. The van der Waals surface area contributed by atoms with Gasteiger partial charge < -0.3 is 19.5 Å². The lowest BCUT2D eigenvalue weighted by Gasteiger charge is -2.33. The van der Waals surface area contributed by atoms with Crippen LogP contribution in [-0.4, -0.2) is 39.6 Å². The highest BCUT2D eigenvalue weighted by Gasteiger charge is 2.30. The molecule has 0 fully saturated rings. The van der Waals surface area contributed by atoms with Gasteiger partial charge in [0.25, 0.3) is 0 Å². The molecule has 0 saturated carbocycles. The predicted octanol–water partition coefficient (Wildman–Crippen LogP) is 2.15. The molecule has 2 atom stereocenters. The first-order chi connectivity index (χ1) is 9.36. The molecule has 4 heteroatoms. The SMILES string of the molecule is CCCOCCOC1COc2ccccc2C1NC. The number of hydrogen-bond donors (Lipinski definition) is 1. The number of nitrogens with one attached hydrogen (secondary N) is 1. The van der Waals surface area contributed by atoms with E-state index in [1.165, 1.54) is 0 Å². The maximum atomic E-state index is 5.88. The van der Waals surface area contributed by atoms with E-state index < -0.39 is 0 Å². The van der Waals surface area contributed by atoms with Gasteiger partial charge in [0.1, 0.15) is 18.5 Å². The van der Waals surface area contributed by atoms with Crippen molar-refractivity contribution in [2.24, 2.45) is 0 Å². The zero-order chi connectivity index (χ0) is 13.5. The Bertz CT molecular complexity index is 383. The molecule has 1 aromatic carbocycles. The zero-order valence-corrected chi connectivity index (χ0v) is 11.7. The van der Waals surface area contributed by atoms with Crippen molar-refractivity contribution in [3.8, 4) is 5.75 Å². The molecular formula is C15H23NO3. The molecule has 0 saturated heterocycles. The number of ether oxygens (including phenoxy) is 3. The van der Waals surface area contributed by atoms with Gasteiger partial charge in [0.05, 0.1) is 19.3 Å². The van der Waals surface area contributed by atoms with E-state index in [4.69, 9.17) is 14.2 Å². The summed E-state index contributed by atoms with van der Waals surface area (Å²) in [5.74, 6) is 0.948. The minimum atomic E-state index is 0.0325. The largest absolute Gasteiger partial charge is 0.490 e. The normalized spacial score (nSPS) is 21.8. The summed E-state index contributed by atoms with van der Waals surface area (Å²) < 4.78 is 17.0. The van der Waals surface area contributed by atoms with Crippen molar-refractivity contribution in [2.75, 3.05) is 33.5 Å². The molecule has 0 amide bonds. The highest BCUT2D eigenvalue weighted by atomic mass is 16.6. The van der Waals surface area contributed by atoms with Crippen molar-refractivity contribution in [3.05, 3.63) is 29.8 Å². The molecule has 1 aliphatic rings. The summed E-state index contributed by atoms with van der Waals surface area (Å²) in [4.78, 5) is 0. The first-order valence-corrected chi connectivity index (χ1v) is 6.95. The van der Waals surface area contributed by atoms with Gasteiger partial charge in [-0.25, -0.2) is 0 Å². The molecule has 106 valence electrons. The van der Waals surface area contributed by atoms with Crippen molar-refractivity contribution in [1.82, 2.24) is 5.32 Å². The van der Waals surface area contributed by atoms with Crippen LogP contribution >= 0.6 is 0 Å². The van der Waals surface area contributed by atoms with Crippen LogP contribution in [0.15, 0.2) is 24.3 Å². The van der Waals surface area contributed by atoms with E-state index in [0.29, 0.717) is 19.8 Å². The quantitative estimate of drug-likeness (QED) is 0.767. The van der Waals surface area contributed by atoms with Gasteiger partial charge in [-0.15, -0.1) is 0 Å². The Morgan fingerprint density at radius 2 is 2.11 bits per heavy atom. The Balaban J connectivity index is 1.88. The van der Waals surface area contributed by atoms with Crippen molar-refractivity contribution >= 4 is 0 Å². The van der Waals surface area contributed by atoms with E-state index in [1.54, 1.807) is 0 Å². The molecule has 0 bridgehead atoms. The standard InChI is InChI=1S/C15H23NO3/c1-3-8-17-9-10-18-14-11-19-13-7-5-4-6-12(13)15(14)16-2/h4-7,14-16H,3,8-11H2,1-2H3. The molecule has 1 aliphatic heterocycles. The van der Waals surface area contributed by atoms with Crippen LogP contribution in [0, 0.1) is 0 Å². The molecule has 1 N–H and O–H groups in total. The molecule has 2 rings (SSSR count). The molecular weight excluding hydrogens is 242 g/mol. The van der Waals surface area contributed by atoms with E-state index in [-0.39, 0.29) is 12.1 Å². The van der Waals surface area contributed by atoms with Gasteiger partial charge in [-0.1, -0.05) is 25.1 Å². The summed E-state index contributed by atoms with van der Waals surface area (Å²) in [6.07, 6.45) is 1.07. The topological polar surface area (TPSA) is 39.7 Å². The molecule has 0 aliphatic carbocycles. The summed E-state index contributed by atoms with van der Waals surface area (Å²) in [5.41, 5.74) is 1.16. The van der Waals surface area contributed by atoms with Crippen LogP contribution in [0.2, 0.25) is 0 Å². The average molecular weight is 265 g/mol. The van der Waals surface area contributed by atoms with Crippen LogP contribution in [-0.2, 0) is 9.47 Å². The molecule has 0 aromatic heterocycles. The van der Waals surface area contributed by atoms with Crippen LogP contribution in [0.4, 0.5) is 0 Å². The lowest BCUT2D eigenvalue weighted by atomic mass is 9.98. The van der Waals surface area contributed by atoms with Crippen LogP contribution < -0.4 is 10.1 Å². The van der Waals surface area contributed by atoms with Gasteiger partial charge in [0, 0.05) is 12.2 Å². The Morgan fingerprint density at radius 3 is 2.89 bits per heavy atom. The predicted molar refractivity (Wildman–Crippen MR) is 74.6 cm³/mol. The van der Waals surface area contributed by atoms with Crippen LogP contribution in [0.25, 0.3) is 0 Å². The van der Waals surface area contributed by atoms with E-state index in [1.807, 2.05) is 25.2 Å². The second kappa shape index (κ2) is 7.48. The number of para-hydroxylation sites is 1. The Morgan fingerprint density at radius 1 is 1.26 bits per heavy atom. The van der Waals surface area contributed by atoms with Crippen LogP contribution in [0.3, 0.4) is 0 Å². The van der Waals surface area contributed by atoms with Gasteiger partial charge in [0.2, 0.25) is 0 Å². The highest BCUT2D eigenvalue weighted by molar-refractivity contribution is 5.38. The second-order valence-electron chi connectivity index (χ2n) is 4.64. The van der Waals surface area contributed by atoms with E-state index in [2.05, 4.69) is 18.3 Å². The summed E-state index contributed by atoms with van der Waals surface area (Å²) in [5, 5.41) is 3.32. The van der Waals surface area contributed by atoms with Gasteiger partial charge in [-0.05, 0) is 19.5 Å². The smallest absolute Gasteiger partial charge is 0.124 e. The maximum Gasteiger partial charge on any atom is 0.124 e. The third-order valence-electron chi connectivity index (χ3n) is 3.25. The molecule has 0 spiro atoms. The molecule has 2 unspecified atom stereocenters. The van der Waals surface area contributed by atoms with Crippen LogP contribution in [0.1, 0.15) is 24.9 Å². The molecule has 1 heterocycles. The van der Waals surface area contributed by atoms with E-state index in [0.717, 1.165) is 24.3 Å². The monoisotopic (exact) mass is 265 g/mol. The third kappa shape index (κ3) is 3.69. The lowest BCUT2D eigenvalue weighted by molar-refractivity contribution is -0.0384. The Hall–Kier alpha value is -1.10.